The molecule has 0 aliphatic heterocycles. The van der Waals surface area contributed by atoms with Crippen LogP contribution < -0.4 is 10.0 Å². The average molecular weight is 352 g/mol. The van der Waals surface area contributed by atoms with E-state index in [1.54, 1.807) is 0 Å². The topological polar surface area (TPSA) is 75.3 Å². The van der Waals surface area contributed by atoms with E-state index in [0.717, 1.165) is 18.2 Å². The summed E-state index contributed by atoms with van der Waals surface area (Å²) < 4.78 is 52.6. The van der Waals surface area contributed by atoms with Crippen LogP contribution in [0.5, 0.6) is 0 Å². The lowest BCUT2D eigenvalue weighted by molar-refractivity contribution is 0.0958. The Bertz CT molecular complexity index is 865. The molecule has 8 heteroatoms. The zero-order valence-electron chi connectivity index (χ0n) is 12.4. The van der Waals surface area contributed by atoms with Crippen molar-refractivity contribution in [1.29, 1.82) is 0 Å². The van der Waals surface area contributed by atoms with Gasteiger partial charge in [0.2, 0.25) is 0 Å². The van der Waals surface area contributed by atoms with Crippen LogP contribution in [0.1, 0.15) is 10.4 Å². The maximum atomic E-state index is 13.1. The van der Waals surface area contributed by atoms with Gasteiger partial charge in [-0.25, -0.2) is 17.2 Å². The minimum Gasteiger partial charge on any atom is -0.349 e. The zero-order chi connectivity index (χ0) is 17.7. The lowest BCUT2D eigenvalue weighted by atomic mass is 10.2. The molecule has 2 rings (SSSR count). The minimum absolute atomic E-state index is 0.110. The Morgan fingerprint density at radius 3 is 2.33 bits per heavy atom. The fourth-order valence-corrected chi connectivity index (χ4v) is 2.88. The van der Waals surface area contributed by atoms with Gasteiger partial charge in [0.25, 0.3) is 15.9 Å². The summed E-state index contributed by atoms with van der Waals surface area (Å²) in [5.74, 6) is -2.61. The summed E-state index contributed by atoms with van der Waals surface area (Å²) in [6.07, 6.45) is 1.52. The summed E-state index contributed by atoms with van der Waals surface area (Å²) in [6, 6.07) is 7.84. The van der Waals surface area contributed by atoms with Crippen LogP contribution in [0, 0.1) is 11.6 Å². The molecule has 24 heavy (non-hydrogen) atoms. The van der Waals surface area contributed by atoms with Crippen LogP contribution in [0.4, 0.5) is 14.5 Å². The molecule has 0 heterocycles. The van der Waals surface area contributed by atoms with E-state index in [9.17, 15) is 22.0 Å². The molecule has 5 nitrogen and oxygen atoms in total. The van der Waals surface area contributed by atoms with Gasteiger partial charge in [0.05, 0.1) is 10.6 Å². The molecule has 0 atom stereocenters. The average Bonchev–Trinajstić information content (AvgIpc) is 2.56. The van der Waals surface area contributed by atoms with Gasteiger partial charge in [-0.2, -0.15) is 0 Å². The predicted octanol–water partition coefficient (Wildman–Crippen LogP) is 2.68. The summed E-state index contributed by atoms with van der Waals surface area (Å²) >= 11 is 0. The minimum atomic E-state index is -3.99. The number of carbonyl (C=O) groups excluding carboxylic acids is 1. The van der Waals surface area contributed by atoms with Gasteiger partial charge in [0, 0.05) is 18.2 Å². The highest BCUT2D eigenvalue weighted by atomic mass is 32.2. The van der Waals surface area contributed by atoms with Gasteiger partial charge in [-0.3, -0.25) is 9.52 Å². The Hall–Kier alpha value is -2.74. The van der Waals surface area contributed by atoms with E-state index in [-0.39, 0.29) is 28.6 Å². The molecule has 0 saturated heterocycles. The van der Waals surface area contributed by atoms with Crippen molar-refractivity contribution in [3.05, 3.63) is 72.3 Å². The molecule has 126 valence electrons. The third-order valence-electron chi connectivity index (χ3n) is 3.01. The van der Waals surface area contributed by atoms with Gasteiger partial charge in [-0.1, -0.05) is 6.08 Å². The number of hydrogen-bond acceptors (Lipinski definition) is 3. The van der Waals surface area contributed by atoms with Crippen LogP contribution in [0.15, 0.2) is 60.0 Å². The molecule has 0 radical (unpaired) electrons. The van der Waals surface area contributed by atoms with Crippen LogP contribution in [-0.2, 0) is 10.0 Å². The van der Waals surface area contributed by atoms with Crippen molar-refractivity contribution < 1.29 is 22.0 Å². The Kier molecular flexibility index (Phi) is 5.30. The molecule has 0 unspecified atom stereocenters. The molecular weight excluding hydrogens is 338 g/mol. The third-order valence-corrected chi connectivity index (χ3v) is 4.40. The largest absolute Gasteiger partial charge is 0.349 e. The Morgan fingerprint density at radius 2 is 1.75 bits per heavy atom. The van der Waals surface area contributed by atoms with Crippen molar-refractivity contribution in [1.82, 2.24) is 5.32 Å². The molecule has 1 amide bonds. The molecule has 2 aromatic carbocycles. The first kappa shape index (κ1) is 17.6. The summed E-state index contributed by atoms with van der Waals surface area (Å²) in [4.78, 5) is 11.6. The molecular formula is C16H14F2N2O3S. The Morgan fingerprint density at radius 1 is 1.08 bits per heavy atom. The van der Waals surface area contributed by atoms with E-state index in [4.69, 9.17) is 0 Å². The molecule has 0 saturated carbocycles. The van der Waals surface area contributed by atoms with E-state index in [0.29, 0.717) is 0 Å². The van der Waals surface area contributed by atoms with Gasteiger partial charge in [0.15, 0.2) is 11.6 Å². The first-order valence-electron chi connectivity index (χ1n) is 6.80. The van der Waals surface area contributed by atoms with Crippen molar-refractivity contribution in [2.45, 2.75) is 4.90 Å². The summed E-state index contributed by atoms with van der Waals surface area (Å²) in [5, 5.41) is 2.56. The fourth-order valence-electron chi connectivity index (χ4n) is 1.83. The van der Waals surface area contributed by atoms with Crippen LogP contribution in [0.3, 0.4) is 0 Å². The van der Waals surface area contributed by atoms with Crippen molar-refractivity contribution in [3.8, 4) is 0 Å². The first-order chi connectivity index (χ1) is 11.3. The Balaban J connectivity index is 2.18. The number of halogens is 2. The van der Waals surface area contributed by atoms with E-state index in [2.05, 4.69) is 16.6 Å². The molecule has 0 aromatic heterocycles. The van der Waals surface area contributed by atoms with Crippen LogP contribution >= 0.6 is 0 Å². The second-order valence-electron chi connectivity index (χ2n) is 4.76. The number of nitrogens with one attached hydrogen (secondary N) is 2. The zero-order valence-corrected chi connectivity index (χ0v) is 13.2. The highest BCUT2D eigenvalue weighted by Gasteiger charge is 2.16. The van der Waals surface area contributed by atoms with Crippen molar-refractivity contribution in [3.63, 3.8) is 0 Å². The fraction of sp³-hybridized carbons (Fsp3) is 0.0625. The van der Waals surface area contributed by atoms with E-state index >= 15 is 0 Å². The lowest BCUT2D eigenvalue weighted by Crippen LogP contribution is -2.23. The number of rotatable bonds is 6. The van der Waals surface area contributed by atoms with Gasteiger partial charge >= 0.3 is 0 Å². The molecule has 2 aromatic rings. The number of amides is 1. The molecule has 0 aliphatic carbocycles. The van der Waals surface area contributed by atoms with Crippen molar-refractivity contribution >= 4 is 21.6 Å². The maximum absolute atomic E-state index is 13.1. The van der Waals surface area contributed by atoms with Crippen molar-refractivity contribution in [2.75, 3.05) is 11.3 Å². The van der Waals surface area contributed by atoms with Crippen LogP contribution in [-0.4, -0.2) is 20.9 Å². The van der Waals surface area contributed by atoms with Crippen molar-refractivity contribution in [2.24, 2.45) is 0 Å². The smallest absolute Gasteiger partial charge is 0.261 e. The third kappa shape index (κ3) is 4.17. The molecule has 0 bridgehead atoms. The highest BCUT2D eigenvalue weighted by Crippen LogP contribution is 2.18. The second-order valence-corrected chi connectivity index (χ2v) is 6.44. The SMILES string of the molecule is C=CCNC(=O)c1ccc(S(=O)(=O)Nc2ccc(F)c(F)c2)cc1. The van der Waals surface area contributed by atoms with Crippen LogP contribution in [0.2, 0.25) is 0 Å². The predicted molar refractivity (Wildman–Crippen MR) is 86.1 cm³/mol. The number of anilines is 1. The first-order valence-corrected chi connectivity index (χ1v) is 8.29. The summed E-state index contributed by atoms with van der Waals surface area (Å²) in [5.41, 5.74) is 0.172. The molecule has 0 spiro atoms. The number of carbonyl (C=O) groups is 1. The quantitative estimate of drug-likeness (QED) is 0.785. The number of hydrogen-bond donors (Lipinski definition) is 2. The normalized spacial score (nSPS) is 10.9. The van der Waals surface area contributed by atoms with Gasteiger partial charge in [-0.05, 0) is 36.4 Å². The Labute approximate surface area is 138 Å². The molecule has 2 N–H and O–H groups in total. The van der Waals surface area contributed by atoms with Crippen LogP contribution in [0.25, 0.3) is 0 Å². The monoisotopic (exact) mass is 352 g/mol. The van der Waals surface area contributed by atoms with Gasteiger partial charge < -0.3 is 5.32 Å². The number of benzene rings is 2. The van der Waals surface area contributed by atoms with E-state index < -0.39 is 21.7 Å². The highest BCUT2D eigenvalue weighted by molar-refractivity contribution is 7.92. The summed E-state index contributed by atoms with van der Waals surface area (Å²) in [7, 11) is -3.99. The molecule has 0 fully saturated rings. The molecule has 0 aliphatic rings. The maximum Gasteiger partial charge on any atom is 0.261 e. The lowest BCUT2D eigenvalue weighted by Gasteiger charge is -2.09. The number of sulfonamides is 1. The van der Waals surface area contributed by atoms with Gasteiger partial charge in [0.1, 0.15) is 0 Å². The van der Waals surface area contributed by atoms with Gasteiger partial charge in [-0.15, -0.1) is 6.58 Å². The standard InChI is InChI=1S/C16H14F2N2O3S/c1-2-9-19-16(21)11-3-6-13(7-4-11)24(22,23)20-12-5-8-14(17)15(18)10-12/h2-8,10,20H,1,9H2,(H,19,21). The second kappa shape index (κ2) is 7.22. The van der Waals surface area contributed by atoms with E-state index in [1.807, 2.05) is 0 Å². The van der Waals surface area contributed by atoms with E-state index in [1.165, 1.54) is 30.3 Å². The summed E-state index contributed by atoms with van der Waals surface area (Å²) in [6.45, 7) is 3.76.